The standard InChI is InChI=1S/C8H13NO2S/c9-7(3-4-10)8-2-1-6(5-11)12-8/h1-2,7,10-11H,3-5,9H2. The molecule has 0 radical (unpaired) electrons. The maximum atomic E-state index is 8.78. The van der Waals surface area contributed by atoms with Crippen LogP contribution in [0.4, 0.5) is 0 Å². The first-order valence-electron chi connectivity index (χ1n) is 3.84. The van der Waals surface area contributed by atoms with Gasteiger partial charge in [-0.3, -0.25) is 0 Å². The Labute approximate surface area is 75.5 Å². The number of aliphatic hydroxyl groups excluding tert-OH is 2. The molecule has 4 N–H and O–H groups in total. The molecule has 0 aliphatic carbocycles. The molecule has 0 spiro atoms. The third kappa shape index (κ3) is 2.28. The van der Waals surface area contributed by atoms with E-state index in [1.807, 2.05) is 12.1 Å². The number of rotatable bonds is 4. The van der Waals surface area contributed by atoms with Crippen molar-refractivity contribution in [3.63, 3.8) is 0 Å². The van der Waals surface area contributed by atoms with E-state index in [9.17, 15) is 0 Å². The van der Waals surface area contributed by atoms with Crippen LogP contribution < -0.4 is 5.73 Å². The predicted octanol–water partition coefficient (Wildman–Crippen LogP) is 0.623. The highest BCUT2D eigenvalue weighted by molar-refractivity contribution is 7.12. The third-order valence-corrected chi connectivity index (χ3v) is 2.85. The fraction of sp³-hybridized carbons (Fsp3) is 0.500. The second-order valence-corrected chi connectivity index (χ2v) is 3.78. The Morgan fingerprint density at radius 3 is 2.67 bits per heavy atom. The second-order valence-electron chi connectivity index (χ2n) is 2.58. The first-order valence-corrected chi connectivity index (χ1v) is 4.65. The summed E-state index contributed by atoms with van der Waals surface area (Å²) in [7, 11) is 0. The molecule has 1 aromatic heterocycles. The van der Waals surface area contributed by atoms with Crippen molar-refractivity contribution < 1.29 is 10.2 Å². The zero-order chi connectivity index (χ0) is 8.97. The molecule has 0 aliphatic heterocycles. The van der Waals surface area contributed by atoms with Gasteiger partial charge in [-0.25, -0.2) is 0 Å². The molecule has 0 saturated carbocycles. The Morgan fingerprint density at radius 1 is 1.42 bits per heavy atom. The molecule has 0 aromatic carbocycles. The molecule has 1 unspecified atom stereocenters. The lowest BCUT2D eigenvalue weighted by Gasteiger charge is -2.05. The molecule has 0 amide bonds. The number of thiophene rings is 1. The number of nitrogens with two attached hydrogens (primary N) is 1. The number of hydrogen-bond acceptors (Lipinski definition) is 4. The van der Waals surface area contributed by atoms with Gasteiger partial charge in [0, 0.05) is 22.4 Å². The normalized spacial score (nSPS) is 13.2. The Bertz CT molecular complexity index is 237. The van der Waals surface area contributed by atoms with E-state index in [4.69, 9.17) is 15.9 Å². The molecule has 0 saturated heterocycles. The molecule has 0 aliphatic rings. The lowest BCUT2D eigenvalue weighted by molar-refractivity contribution is 0.277. The van der Waals surface area contributed by atoms with Crippen molar-refractivity contribution in [1.82, 2.24) is 0 Å². The van der Waals surface area contributed by atoms with Gasteiger partial charge in [0.05, 0.1) is 6.61 Å². The topological polar surface area (TPSA) is 66.5 Å². The van der Waals surface area contributed by atoms with Crippen molar-refractivity contribution >= 4 is 11.3 Å². The first-order chi connectivity index (χ1) is 5.77. The van der Waals surface area contributed by atoms with E-state index < -0.39 is 0 Å². The molecule has 12 heavy (non-hydrogen) atoms. The average Bonchev–Trinajstić information content (AvgIpc) is 2.52. The van der Waals surface area contributed by atoms with Crippen LogP contribution in [0, 0.1) is 0 Å². The molecule has 1 heterocycles. The van der Waals surface area contributed by atoms with Crippen LogP contribution in [-0.2, 0) is 6.61 Å². The first kappa shape index (κ1) is 9.67. The molecule has 1 rings (SSSR count). The van der Waals surface area contributed by atoms with Gasteiger partial charge in [-0.15, -0.1) is 11.3 Å². The van der Waals surface area contributed by atoms with Gasteiger partial charge in [0.2, 0.25) is 0 Å². The summed E-state index contributed by atoms with van der Waals surface area (Å²) in [5.74, 6) is 0. The minimum atomic E-state index is -0.0969. The van der Waals surface area contributed by atoms with Crippen LogP contribution in [0.15, 0.2) is 12.1 Å². The van der Waals surface area contributed by atoms with E-state index in [1.165, 1.54) is 11.3 Å². The van der Waals surface area contributed by atoms with Crippen molar-refractivity contribution in [2.75, 3.05) is 6.61 Å². The van der Waals surface area contributed by atoms with Gasteiger partial charge in [0.15, 0.2) is 0 Å². The van der Waals surface area contributed by atoms with Crippen LogP contribution in [0.1, 0.15) is 22.2 Å². The second kappa shape index (κ2) is 4.57. The maximum absolute atomic E-state index is 8.78. The van der Waals surface area contributed by atoms with Gasteiger partial charge in [0.1, 0.15) is 0 Å². The molecule has 4 heteroatoms. The summed E-state index contributed by atoms with van der Waals surface area (Å²) >= 11 is 1.49. The Kier molecular flexibility index (Phi) is 3.68. The Hall–Kier alpha value is -0.420. The highest BCUT2D eigenvalue weighted by atomic mass is 32.1. The van der Waals surface area contributed by atoms with Crippen LogP contribution in [0.3, 0.4) is 0 Å². The van der Waals surface area contributed by atoms with E-state index in [2.05, 4.69) is 0 Å². The third-order valence-electron chi connectivity index (χ3n) is 1.64. The summed E-state index contributed by atoms with van der Waals surface area (Å²) in [5.41, 5.74) is 5.74. The molecule has 0 bridgehead atoms. The van der Waals surface area contributed by atoms with Gasteiger partial charge in [-0.1, -0.05) is 0 Å². The van der Waals surface area contributed by atoms with E-state index in [-0.39, 0.29) is 19.3 Å². The monoisotopic (exact) mass is 187 g/mol. The van der Waals surface area contributed by atoms with Crippen LogP contribution in [-0.4, -0.2) is 16.8 Å². The van der Waals surface area contributed by atoms with Gasteiger partial charge < -0.3 is 15.9 Å². The summed E-state index contributed by atoms with van der Waals surface area (Å²) in [4.78, 5) is 1.94. The smallest absolute Gasteiger partial charge is 0.0774 e. The summed E-state index contributed by atoms with van der Waals surface area (Å²) < 4.78 is 0. The molecular formula is C8H13NO2S. The largest absolute Gasteiger partial charge is 0.396 e. The van der Waals surface area contributed by atoms with Crippen molar-refractivity contribution in [3.8, 4) is 0 Å². The van der Waals surface area contributed by atoms with E-state index in [0.29, 0.717) is 6.42 Å². The number of aliphatic hydroxyl groups is 2. The molecule has 1 aromatic rings. The van der Waals surface area contributed by atoms with Gasteiger partial charge >= 0.3 is 0 Å². The lowest BCUT2D eigenvalue weighted by atomic mass is 10.2. The Balaban J connectivity index is 2.61. The summed E-state index contributed by atoms with van der Waals surface area (Å²) in [5, 5.41) is 17.4. The highest BCUT2D eigenvalue weighted by Crippen LogP contribution is 2.23. The zero-order valence-corrected chi connectivity index (χ0v) is 7.55. The fourth-order valence-electron chi connectivity index (χ4n) is 0.960. The van der Waals surface area contributed by atoms with Crippen molar-refractivity contribution in [2.45, 2.75) is 19.1 Å². The summed E-state index contributed by atoms with van der Waals surface area (Å²) in [6.07, 6.45) is 0.575. The van der Waals surface area contributed by atoms with Crippen LogP contribution >= 0.6 is 11.3 Å². The summed E-state index contributed by atoms with van der Waals surface area (Å²) in [6, 6.07) is 3.66. The van der Waals surface area contributed by atoms with Gasteiger partial charge in [-0.05, 0) is 18.6 Å². The molecule has 0 fully saturated rings. The molecular weight excluding hydrogens is 174 g/mol. The predicted molar refractivity (Wildman–Crippen MR) is 48.9 cm³/mol. The van der Waals surface area contributed by atoms with Crippen LogP contribution in [0.2, 0.25) is 0 Å². The lowest BCUT2D eigenvalue weighted by Crippen LogP contribution is -2.09. The van der Waals surface area contributed by atoms with Crippen molar-refractivity contribution in [3.05, 3.63) is 21.9 Å². The van der Waals surface area contributed by atoms with Crippen LogP contribution in [0.25, 0.3) is 0 Å². The van der Waals surface area contributed by atoms with E-state index in [1.54, 1.807) is 0 Å². The van der Waals surface area contributed by atoms with E-state index >= 15 is 0 Å². The Morgan fingerprint density at radius 2 is 2.17 bits per heavy atom. The van der Waals surface area contributed by atoms with Gasteiger partial charge in [0.25, 0.3) is 0 Å². The molecule has 3 nitrogen and oxygen atoms in total. The zero-order valence-electron chi connectivity index (χ0n) is 6.73. The molecule has 68 valence electrons. The number of hydrogen-bond donors (Lipinski definition) is 3. The quantitative estimate of drug-likeness (QED) is 0.647. The molecule has 1 atom stereocenters. The highest BCUT2D eigenvalue weighted by Gasteiger charge is 2.07. The maximum Gasteiger partial charge on any atom is 0.0774 e. The van der Waals surface area contributed by atoms with Crippen molar-refractivity contribution in [1.29, 1.82) is 0 Å². The van der Waals surface area contributed by atoms with Gasteiger partial charge in [-0.2, -0.15) is 0 Å². The van der Waals surface area contributed by atoms with Crippen LogP contribution in [0.5, 0.6) is 0 Å². The SMILES string of the molecule is NC(CCO)c1ccc(CO)s1. The summed E-state index contributed by atoms with van der Waals surface area (Å²) in [6.45, 7) is 0.171. The minimum Gasteiger partial charge on any atom is -0.396 e. The minimum absolute atomic E-state index is 0.0660. The fourth-order valence-corrected chi connectivity index (χ4v) is 1.87. The average molecular weight is 187 g/mol. The van der Waals surface area contributed by atoms with Crippen molar-refractivity contribution in [2.24, 2.45) is 5.73 Å². The van der Waals surface area contributed by atoms with E-state index in [0.717, 1.165) is 9.75 Å².